The molecule has 3 aromatic heterocycles. The number of likely N-dealkylation sites (tertiary alicyclic amines) is 1. The molecule has 67 heavy (non-hydrogen) atoms. The summed E-state index contributed by atoms with van der Waals surface area (Å²) >= 11 is 0. The lowest BCUT2D eigenvalue weighted by Crippen LogP contribution is -2.54. The number of piperidine rings is 3. The number of aryl methyl sites for hydroxylation is 1. The smallest absolute Gasteiger partial charge is 0.269 e. The first-order valence-corrected chi connectivity index (χ1v) is 22.4. The van der Waals surface area contributed by atoms with Crippen molar-refractivity contribution in [3.63, 3.8) is 0 Å². The summed E-state index contributed by atoms with van der Waals surface area (Å²) in [5.41, 5.74) is -0.132. The number of rotatable bonds is 10. The molecule has 4 aliphatic rings. The highest BCUT2D eigenvalue weighted by molar-refractivity contribution is 6.05. The van der Waals surface area contributed by atoms with Gasteiger partial charge in [-0.25, -0.2) is 31.3 Å². The SMILES string of the molecule is CN(C)C(=O)c1cc2c(-c3ccc([C@@H]4CCN(C5CCN(c6ncc(C7CCC(=O)NC7=O)cc6F)CC5)CC4(F)F)c(F)c3F)cc(C3=CCCN(C(=O)CCn4cccn4)C3)c(F)c2[nH]1. The highest BCUT2D eigenvalue weighted by atomic mass is 19.3. The summed E-state index contributed by atoms with van der Waals surface area (Å²) in [5, 5.41) is 6.47. The molecule has 0 radical (unpaired) electrons. The Hall–Kier alpha value is -6.50. The van der Waals surface area contributed by atoms with Crippen LogP contribution in [0.25, 0.3) is 27.6 Å². The third-order valence-corrected chi connectivity index (χ3v) is 13.6. The number of carbonyl (C=O) groups excluding carboxylic acids is 4. The van der Waals surface area contributed by atoms with Crippen LogP contribution >= 0.6 is 0 Å². The Labute approximate surface area is 381 Å². The van der Waals surface area contributed by atoms with Gasteiger partial charge >= 0.3 is 0 Å². The molecule has 352 valence electrons. The summed E-state index contributed by atoms with van der Waals surface area (Å²) in [5.74, 6) is -11.5. The molecule has 2 N–H and O–H groups in total. The number of fused-ring (bicyclic) bond motifs is 1. The van der Waals surface area contributed by atoms with E-state index in [9.17, 15) is 19.2 Å². The maximum atomic E-state index is 16.6. The van der Waals surface area contributed by atoms with Crippen LogP contribution in [0.3, 0.4) is 0 Å². The van der Waals surface area contributed by atoms with E-state index in [0.717, 1.165) is 6.07 Å². The van der Waals surface area contributed by atoms with Crippen molar-refractivity contribution in [2.75, 3.05) is 58.3 Å². The number of carbonyl (C=O) groups is 4. The second kappa shape index (κ2) is 18.3. The molecule has 5 aromatic rings. The fourth-order valence-corrected chi connectivity index (χ4v) is 10.1. The zero-order valence-electron chi connectivity index (χ0n) is 36.9. The molecule has 19 heteroatoms. The molecule has 1 unspecified atom stereocenters. The van der Waals surface area contributed by atoms with E-state index in [1.165, 1.54) is 49.5 Å². The van der Waals surface area contributed by atoms with E-state index in [1.54, 1.807) is 43.9 Å². The number of anilines is 1. The third-order valence-electron chi connectivity index (χ3n) is 13.6. The zero-order chi connectivity index (χ0) is 47.3. The van der Waals surface area contributed by atoms with Gasteiger partial charge in [-0.15, -0.1) is 0 Å². The zero-order valence-corrected chi connectivity index (χ0v) is 36.9. The molecular formula is C48H49F6N9O4. The van der Waals surface area contributed by atoms with Gasteiger partial charge in [-0.05, 0) is 79.6 Å². The quantitative estimate of drug-likeness (QED) is 0.113. The summed E-state index contributed by atoms with van der Waals surface area (Å²) in [6.45, 7) is 0.880. The van der Waals surface area contributed by atoms with Crippen LogP contribution in [0.5, 0.6) is 0 Å². The highest BCUT2D eigenvalue weighted by Crippen LogP contribution is 2.45. The number of amides is 4. The monoisotopic (exact) mass is 929 g/mol. The minimum absolute atomic E-state index is 0.00971. The lowest BCUT2D eigenvalue weighted by Gasteiger charge is -2.45. The molecule has 13 nitrogen and oxygen atoms in total. The van der Waals surface area contributed by atoms with Crippen molar-refractivity contribution in [2.45, 2.75) is 75.3 Å². The Morgan fingerprint density at radius 2 is 1.70 bits per heavy atom. The van der Waals surface area contributed by atoms with Crippen molar-refractivity contribution >= 4 is 45.9 Å². The second-order valence-electron chi connectivity index (χ2n) is 18.0. The van der Waals surface area contributed by atoms with E-state index >= 15 is 26.3 Å². The Balaban J connectivity index is 0.923. The minimum atomic E-state index is -3.46. The number of benzene rings is 2. The Kier molecular flexibility index (Phi) is 12.5. The Bertz CT molecular complexity index is 2780. The number of imide groups is 1. The summed E-state index contributed by atoms with van der Waals surface area (Å²) in [4.78, 5) is 63.6. The van der Waals surface area contributed by atoms with Crippen molar-refractivity contribution in [3.8, 4) is 11.1 Å². The molecule has 7 heterocycles. The lowest BCUT2D eigenvalue weighted by atomic mass is 9.83. The van der Waals surface area contributed by atoms with Gasteiger partial charge in [-0.1, -0.05) is 18.2 Å². The standard InChI is InChI=1S/C48H49F6N9O4/c1-59(2)47(67)38-23-35-34(22-33(43(52)44(35)57-38)27-5-3-15-61(25-27)40(65)13-20-63-16-4-14-56-63)31-6-7-32(42(51)41(31)50)36-12-19-62(26-48(36,53)54)29-10-17-60(18-11-29)45-37(49)21-28(24-55-45)30-8-9-39(64)58-46(30)66/h4-7,14,16,21-24,29-30,36,57H,3,8-13,15,17-20,25-26H2,1-2H3,(H,58,64,66)/t30?,36-/m0/s1. The minimum Gasteiger partial charge on any atom is -0.354 e. The molecule has 2 atom stereocenters. The number of hydrogen-bond acceptors (Lipinski definition) is 8. The predicted molar refractivity (Wildman–Crippen MR) is 236 cm³/mol. The third kappa shape index (κ3) is 8.92. The first-order valence-electron chi connectivity index (χ1n) is 22.4. The molecule has 0 saturated carbocycles. The van der Waals surface area contributed by atoms with E-state index in [4.69, 9.17) is 0 Å². The maximum Gasteiger partial charge on any atom is 0.269 e. The molecule has 3 fully saturated rings. The van der Waals surface area contributed by atoms with Crippen molar-refractivity contribution in [3.05, 3.63) is 107 Å². The van der Waals surface area contributed by atoms with Crippen LogP contribution in [0.15, 0.2) is 61.1 Å². The number of alkyl halides is 2. The summed E-state index contributed by atoms with van der Waals surface area (Å²) < 4.78 is 99.1. The normalized spacial score (nSPS) is 20.6. The summed E-state index contributed by atoms with van der Waals surface area (Å²) in [6.07, 6.45) is 8.15. The molecule has 4 aliphatic heterocycles. The molecular weight excluding hydrogens is 881 g/mol. The first kappa shape index (κ1) is 45.6. The molecule has 2 aromatic carbocycles. The highest BCUT2D eigenvalue weighted by Gasteiger charge is 2.48. The van der Waals surface area contributed by atoms with Crippen molar-refractivity contribution < 1.29 is 45.5 Å². The average Bonchev–Trinajstić information content (AvgIpc) is 4.01. The molecule has 4 amide bonds. The first-order chi connectivity index (χ1) is 32.1. The van der Waals surface area contributed by atoms with Gasteiger partial charge in [0, 0.05) is 106 Å². The van der Waals surface area contributed by atoms with E-state index in [-0.39, 0.29) is 95.7 Å². The van der Waals surface area contributed by atoms with Gasteiger partial charge in [0.05, 0.1) is 23.9 Å². The van der Waals surface area contributed by atoms with Crippen LogP contribution < -0.4 is 10.2 Å². The van der Waals surface area contributed by atoms with Gasteiger partial charge in [-0.3, -0.25) is 34.1 Å². The summed E-state index contributed by atoms with van der Waals surface area (Å²) in [6, 6.07) is 7.79. The van der Waals surface area contributed by atoms with Gasteiger partial charge in [0.15, 0.2) is 29.1 Å². The van der Waals surface area contributed by atoms with Crippen molar-refractivity contribution in [1.29, 1.82) is 0 Å². The van der Waals surface area contributed by atoms with Crippen LogP contribution in [-0.4, -0.2) is 123 Å². The van der Waals surface area contributed by atoms with Gasteiger partial charge in [-0.2, -0.15) is 5.10 Å². The number of hydrogen-bond donors (Lipinski definition) is 2. The van der Waals surface area contributed by atoms with Gasteiger partial charge < -0.3 is 19.7 Å². The number of pyridine rings is 1. The van der Waals surface area contributed by atoms with Gasteiger partial charge in [0.25, 0.3) is 11.8 Å². The number of H-pyrrole nitrogens is 1. The molecule has 0 spiro atoms. The van der Waals surface area contributed by atoms with E-state index in [2.05, 4.69) is 20.4 Å². The van der Waals surface area contributed by atoms with Crippen LogP contribution in [0.4, 0.5) is 32.2 Å². The van der Waals surface area contributed by atoms with E-state index < -0.39 is 64.9 Å². The fraction of sp³-hybridized carbons (Fsp3) is 0.417. The predicted octanol–water partition coefficient (Wildman–Crippen LogP) is 7.00. The fourth-order valence-electron chi connectivity index (χ4n) is 10.1. The average molecular weight is 930 g/mol. The topological polar surface area (TPSA) is 140 Å². The molecule has 0 aliphatic carbocycles. The number of halogens is 6. The van der Waals surface area contributed by atoms with Crippen LogP contribution in [0.1, 0.15) is 84.0 Å². The largest absolute Gasteiger partial charge is 0.354 e. The Morgan fingerprint density at radius 1 is 0.910 bits per heavy atom. The van der Waals surface area contributed by atoms with Crippen LogP contribution in [-0.2, 0) is 20.9 Å². The van der Waals surface area contributed by atoms with Crippen molar-refractivity contribution in [2.24, 2.45) is 0 Å². The van der Waals surface area contributed by atoms with Crippen molar-refractivity contribution in [1.82, 2.24) is 39.8 Å². The number of nitrogens with one attached hydrogen (secondary N) is 2. The van der Waals surface area contributed by atoms with E-state index in [0.29, 0.717) is 56.6 Å². The Morgan fingerprint density at radius 3 is 2.40 bits per heavy atom. The summed E-state index contributed by atoms with van der Waals surface area (Å²) in [7, 11) is 3.02. The number of nitrogens with zero attached hydrogens (tertiary/aromatic N) is 7. The number of aromatic nitrogens is 4. The number of aromatic amines is 1. The molecule has 3 saturated heterocycles. The molecule has 0 bridgehead atoms. The lowest BCUT2D eigenvalue weighted by molar-refractivity contribution is -0.134. The van der Waals surface area contributed by atoms with Gasteiger partial charge in [0.1, 0.15) is 5.69 Å². The van der Waals surface area contributed by atoms with E-state index in [1.807, 2.05) is 0 Å². The molecule has 9 rings (SSSR count). The second-order valence-corrected chi connectivity index (χ2v) is 18.0. The van der Waals surface area contributed by atoms with Crippen LogP contribution in [0.2, 0.25) is 0 Å². The van der Waals surface area contributed by atoms with Gasteiger partial charge in [0.2, 0.25) is 17.7 Å². The van der Waals surface area contributed by atoms with Crippen LogP contribution in [0, 0.1) is 23.3 Å². The maximum absolute atomic E-state index is 16.6.